The maximum atomic E-state index is 13.0. The van der Waals surface area contributed by atoms with Crippen molar-refractivity contribution in [3.8, 4) is 0 Å². The number of rotatable bonds is 7. The molecule has 1 aliphatic rings. The van der Waals surface area contributed by atoms with Gasteiger partial charge in [0.05, 0.1) is 9.82 Å². The summed E-state index contributed by atoms with van der Waals surface area (Å²) >= 11 is 0. The molecule has 1 fully saturated rings. The number of halogens is 1. The summed E-state index contributed by atoms with van der Waals surface area (Å²) in [5, 5.41) is 10.7. The summed E-state index contributed by atoms with van der Waals surface area (Å²) in [7, 11) is -3.71. The summed E-state index contributed by atoms with van der Waals surface area (Å²) in [6.45, 7) is 3.91. The van der Waals surface area contributed by atoms with Crippen LogP contribution in [0.2, 0.25) is 0 Å². The van der Waals surface area contributed by atoms with E-state index in [1.165, 1.54) is 36.4 Å². The van der Waals surface area contributed by atoms with Gasteiger partial charge >= 0.3 is 0 Å². The molecule has 8 nitrogen and oxygen atoms in total. The second kappa shape index (κ2) is 8.63. The highest BCUT2D eigenvalue weighted by atomic mass is 32.2. The maximum Gasteiger partial charge on any atom is 0.269 e. The Labute approximate surface area is 162 Å². The van der Waals surface area contributed by atoms with Crippen LogP contribution in [-0.4, -0.2) is 57.5 Å². The van der Waals surface area contributed by atoms with Gasteiger partial charge in [0.1, 0.15) is 5.82 Å². The number of anilines is 1. The third kappa shape index (κ3) is 5.03. The van der Waals surface area contributed by atoms with Crippen molar-refractivity contribution in [2.75, 3.05) is 44.2 Å². The molecule has 10 heteroatoms. The molecule has 2 aromatic carbocycles. The maximum absolute atomic E-state index is 13.0. The average Bonchev–Trinajstić information content (AvgIpc) is 2.69. The van der Waals surface area contributed by atoms with E-state index in [1.54, 1.807) is 12.1 Å². The molecule has 150 valence electrons. The summed E-state index contributed by atoms with van der Waals surface area (Å²) in [6.07, 6.45) is 0. The number of nitrogens with zero attached hydrogens (tertiary/aromatic N) is 3. The average molecular weight is 408 g/mol. The number of non-ortho nitro benzene ring substituents is 1. The Morgan fingerprint density at radius 3 is 2.18 bits per heavy atom. The van der Waals surface area contributed by atoms with Crippen LogP contribution in [-0.2, 0) is 10.0 Å². The van der Waals surface area contributed by atoms with Crippen molar-refractivity contribution in [1.29, 1.82) is 0 Å². The van der Waals surface area contributed by atoms with Crippen LogP contribution in [0.5, 0.6) is 0 Å². The number of hydrogen-bond acceptors (Lipinski definition) is 6. The van der Waals surface area contributed by atoms with Gasteiger partial charge in [-0.1, -0.05) is 0 Å². The van der Waals surface area contributed by atoms with Crippen LogP contribution in [0.1, 0.15) is 0 Å². The first-order chi connectivity index (χ1) is 13.3. The highest BCUT2D eigenvalue weighted by Gasteiger charge is 2.19. The third-order valence-electron chi connectivity index (χ3n) is 4.64. The lowest BCUT2D eigenvalue weighted by atomic mass is 10.2. The van der Waals surface area contributed by atoms with Gasteiger partial charge in [0.25, 0.3) is 5.69 Å². The molecule has 0 unspecified atom stereocenters. The zero-order valence-corrected chi connectivity index (χ0v) is 15.9. The quantitative estimate of drug-likeness (QED) is 0.555. The van der Waals surface area contributed by atoms with Crippen LogP contribution in [0.4, 0.5) is 15.8 Å². The predicted octanol–water partition coefficient (Wildman–Crippen LogP) is 1.83. The molecule has 1 N–H and O–H groups in total. The van der Waals surface area contributed by atoms with Crippen LogP contribution >= 0.6 is 0 Å². The number of sulfonamides is 1. The molecular formula is C18H21FN4O4S. The van der Waals surface area contributed by atoms with Crippen molar-refractivity contribution in [3.63, 3.8) is 0 Å². The van der Waals surface area contributed by atoms with E-state index >= 15 is 0 Å². The van der Waals surface area contributed by atoms with Gasteiger partial charge in [-0.3, -0.25) is 15.0 Å². The molecule has 1 heterocycles. The van der Waals surface area contributed by atoms with E-state index in [2.05, 4.69) is 14.5 Å². The third-order valence-corrected chi connectivity index (χ3v) is 6.12. The van der Waals surface area contributed by atoms with Crippen molar-refractivity contribution in [2.45, 2.75) is 4.90 Å². The molecule has 28 heavy (non-hydrogen) atoms. The molecular weight excluding hydrogens is 387 g/mol. The summed E-state index contributed by atoms with van der Waals surface area (Å²) < 4.78 is 40.1. The van der Waals surface area contributed by atoms with E-state index < -0.39 is 14.9 Å². The van der Waals surface area contributed by atoms with Gasteiger partial charge < -0.3 is 4.90 Å². The number of benzene rings is 2. The predicted molar refractivity (Wildman–Crippen MR) is 103 cm³/mol. The second-order valence-corrected chi connectivity index (χ2v) is 8.22. The lowest BCUT2D eigenvalue weighted by Gasteiger charge is -2.36. The monoisotopic (exact) mass is 408 g/mol. The Morgan fingerprint density at radius 2 is 1.61 bits per heavy atom. The van der Waals surface area contributed by atoms with Gasteiger partial charge in [-0.25, -0.2) is 17.5 Å². The van der Waals surface area contributed by atoms with E-state index in [4.69, 9.17) is 0 Å². The fraction of sp³-hybridized carbons (Fsp3) is 0.333. The molecule has 1 aliphatic heterocycles. The minimum absolute atomic E-state index is 0.000714. The first-order valence-electron chi connectivity index (χ1n) is 8.82. The lowest BCUT2D eigenvalue weighted by Crippen LogP contribution is -2.48. The van der Waals surface area contributed by atoms with Crippen LogP contribution in [0.15, 0.2) is 53.4 Å². The minimum Gasteiger partial charge on any atom is -0.369 e. The van der Waals surface area contributed by atoms with E-state index in [0.717, 1.165) is 31.9 Å². The molecule has 0 aromatic heterocycles. The van der Waals surface area contributed by atoms with Gasteiger partial charge in [-0.2, -0.15) is 0 Å². The van der Waals surface area contributed by atoms with Gasteiger partial charge in [0, 0.05) is 57.1 Å². The van der Waals surface area contributed by atoms with Gasteiger partial charge in [-0.15, -0.1) is 0 Å². The number of nitrogens with one attached hydrogen (secondary N) is 1. The highest BCUT2D eigenvalue weighted by molar-refractivity contribution is 7.89. The molecule has 2 aromatic rings. The standard InChI is InChI=1S/C18H21FN4O4S/c19-15-1-3-16(4-2-15)22-13-11-21(12-14-22)10-9-20-28(26,27)18-7-5-17(6-8-18)23(24)25/h1-8,20H,9-14H2. The van der Waals surface area contributed by atoms with Crippen LogP contribution in [0.25, 0.3) is 0 Å². The molecule has 1 saturated heterocycles. The zero-order chi connectivity index (χ0) is 20.1. The van der Waals surface area contributed by atoms with Crippen LogP contribution in [0.3, 0.4) is 0 Å². The second-order valence-electron chi connectivity index (χ2n) is 6.45. The Bertz CT molecular complexity index is 912. The number of nitro benzene ring substituents is 1. The van der Waals surface area contributed by atoms with Crippen LogP contribution in [0, 0.1) is 15.9 Å². The fourth-order valence-electron chi connectivity index (χ4n) is 3.05. The topological polar surface area (TPSA) is 95.8 Å². The smallest absolute Gasteiger partial charge is 0.269 e. The first kappa shape index (κ1) is 20.2. The van der Waals surface area contributed by atoms with Gasteiger partial charge in [0.15, 0.2) is 0 Å². The van der Waals surface area contributed by atoms with Crippen LogP contribution < -0.4 is 9.62 Å². The van der Waals surface area contributed by atoms with Crippen molar-refractivity contribution in [1.82, 2.24) is 9.62 Å². The first-order valence-corrected chi connectivity index (χ1v) is 10.3. The zero-order valence-electron chi connectivity index (χ0n) is 15.1. The fourth-order valence-corrected chi connectivity index (χ4v) is 4.07. The van der Waals surface area contributed by atoms with E-state index in [1.807, 2.05) is 0 Å². The number of piperazine rings is 1. The van der Waals surface area contributed by atoms with Crippen molar-refractivity contribution < 1.29 is 17.7 Å². The molecule has 0 atom stereocenters. The van der Waals surface area contributed by atoms with E-state index in [0.29, 0.717) is 6.54 Å². The van der Waals surface area contributed by atoms with Crippen molar-refractivity contribution in [3.05, 3.63) is 64.5 Å². The number of nitro groups is 1. The number of hydrogen-bond donors (Lipinski definition) is 1. The summed E-state index contributed by atoms with van der Waals surface area (Å²) in [4.78, 5) is 14.4. The molecule has 0 amide bonds. The Kier molecular flexibility index (Phi) is 6.22. The SMILES string of the molecule is O=[N+]([O-])c1ccc(S(=O)(=O)NCCN2CCN(c3ccc(F)cc3)CC2)cc1. The Hall–Kier alpha value is -2.56. The van der Waals surface area contributed by atoms with Crippen molar-refractivity contribution in [2.24, 2.45) is 0 Å². The van der Waals surface area contributed by atoms with Gasteiger partial charge in [-0.05, 0) is 36.4 Å². The molecule has 0 aliphatic carbocycles. The Morgan fingerprint density at radius 1 is 1.00 bits per heavy atom. The molecule has 3 rings (SSSR count). The summed E-state index contributed by atoms with van der Waals surface area (Å²) in [5.74, 6) is -0.261. The normalized spacial score (nSPS) is 15.5. The molecule has 0 radical (unpaired) electrons. The highest BCUT2D eigenvalue weighted by Crippen LogP contribution is 2.17. The summed E-state index contributed by atoms with van der Waals surface area (Å²) in [6, 6.07) is 11.2. The molecule has 0 saturated carbocycles. The van der Waals surface area contributed by atoms with Gasteiger partial charge in [0.2, 0.25) is 10.0 Å². The molecule has 0 bridgehead atoms. The molecule has 0 spiro atoms. The van der Waals surface area contributed by atoms with E-state index in [-0.39, 0.29) is 22.9 Å². The summed E-state index contributed by atoms with van der Waals surface area (Å²) in [5.41, 5.74) is 0.817. The Balaban J connectivity index is 1.46. The lowest BCUT2D eigenvalue weighted by molar-refractivity contribution is -0.384. The van der Waals surface area contributed by atoms with Crippen molar-refractivity contribution >= 4 is 21.4 Å². The largest absolute Gasteiger partial charge is 0.369 e. The van der Waals surface area contributed by atoms with E-state index in [9.17, 15) is 22.9 Å². The minimum atomic E-state index is -3.71.